The van der Waals surface area contributed by atoms with Crippen LogP contribution in [0.3, 0.4) is 0 Å². The SMILES string of the molecule is N#CCC1=CC=NC(=O)C1. The van der Waals surface area contributed by atoms with Gasteiger partial charge >= 0.3 is 0 Å². The van der Waals surface area contributed by atoms with Crippen LogP contribution in [0.4, 0.5) is 0 Å². The lowest BCUT2D eigenvalue weighted by molar-refractivity contribution is -0.117. The third kappa shape index (κ3) is 1.52. The summed E-state index contributed by atoms with van der Waals surface area (Å²) in [7, 11) is 0. The van der Waals surface area contributed by atoms with Crippen LogP contribution in [0, 0.1) is 11.3 Å². The van der Waals surface area contributed by atoms with Crippen LogP contribution in [0.25, 0.3) is 0 Å². The summed E-state index contributed by atoms with van der Waals surface area (Å²) >= 11 is 0. The van der Waals surface area contributed by atoms with Gasteiger partial charge in [-0.15, -0.1) is 0 Å². The standard InChI is InChI=1S/C7H6N2O/c8-3-1-6-2-4-9-7(10)5-6/h2,4H,1,5H2. The van der Waals surface area contributed by atoms with Crippen molar-refractivity contribution in [1.82, 2.24) is 0 Å². The van der Waals surface area contributed by atoms with Gasteiger partial charge in [-0.25, -0.2) is 4.99 Å². The van der Waals surface area contributed by atoms with Crippen molar-refractivity contribution in [3.8, 4) is 6.07 Å². The maximum atomic E-state index is 10.6. The van der Waals surface area contributed by atoms with E-state index in [-0.39, 0.29) is 5.91 Å². The van der Waals surface area contributed by atoms with Crippen LogP contribution in [-0.2, 0) is 4.79 Å². The second kappa shape index (κ2) is 2.92. The molecule has 1 aliphatic heterocycles. The molecule has 1 aliphatic rings. The Hall–Kier alpha value is -1.43. The van der Waals surface area contributed by atoms with E-state index < -0.39 is 0 Å². The lowest BCUT2D eigenvalue weighted by Crippen LogP contribution is -2.00. The monoisotopic (exact) mass is 134 g/mol. The number of carbonyl (C=O) groups is 1. The molecule has 0 saturated carbocycles. The van der Waals surface area contributed by atoms with Gasteiger partial charge in [0, 0.05) is 6.21 Å². The highest BCUT2D eigenvalue weighted by Crippen LogP contribution is 2.09. The first-order chi connectivity index (χ1) is 4.83. The number of allylic oxidation sites excluding steroid dienone is 1. The Morgan fingerprint density at radius 2 is 2.60 bits per heavy atom. The molecular weight excluding hydrogens is 128 g/mol. The summed E-state index contributed by atoms with van der Waals surface area (Å²) in [5.74, 6) is -0.159. The fourth-order valence-electron chi connectivity index (χ4n) is 0.748. The Labute approximate surface area is 58.7 Å². The Morgan fingerprint density at radius 1 is 1.80 bits per heavy atom. The minimum Gasteiger partial charge on any atom is -0.272 e. The smallest absolute Gasteiger partial charge is 0.249 e. The Morgan fingerprint density at radius 3 is 3.20 bits per heavy atom. The number of hydrogen-bond acceptors (Lipinski definition) is 2. The number of dihydropyridines is 1. The van der Waals surface area contributed by atoms with Crippen LogP contribution >= 0.6 is 0 Å². The average molecular weight is 134 g/mol. The van der Waals surface area contributed by atoms with Crippen molar-refractivity contribution in [2.75, 3.05) is 0 Å². The van der Waals surface area contributed by atoms with Crippen molar-refractivity contribution in [1.29, 1.82) is 5.26 Å². The highest BCUT2D eigenvalue weighted by molar-refractivity contribution is 5.93. The normalized spacial score (nSPS) is 16.3. The summed E-state index contributed by atoms with van der Waals surface area (Å²) in [6.07, 6.45) is 3.80. The van der Waals surface area contributed by atoms with E-state index in [4.69, 9.17) is 5.26 Å². The molecule has 0 N–H and O–H groups in total. The van der Waals surface area contributed by atoms with Gasteiger partial charge in [-0.1, -0.05) is 0 Å². The van der Waals surface area contributed by atoms with E-state index in [1.807, 2.05) is 6.07 Å². The summed E-state index contributed by atoms with van der Waals surface area (Å²) in [6.45, 7) is 0. The van der Waals surface area contributed by atoms with Crippen LogP contribution in [0.1, 0.15) is 12.8 Å². The molecular formula is C7H6N2O. The lowest BCUT2D eigenvalue weighted by atomic mass is 10.1. The fraction of sp³-hybridized carbons (Fsp3) is 0.286. The van der Waals surface area contributed by atoms with Gasteiger partial charge in [0.15, 0.2) is 0 Å². The van der Waals surface area contributed by atoms with Crippen molar-refractivity contribution in [3.05, 3.63) is 11.6 Å². The molecule has 0 bridgehead atoms. The van der Waals surface area contributed by atoms with Gasteiger partial charge in [0.2, 0.25) is 5.91 Å². The third-order valence-corrected chi connectivity index (χ3v) is 1.21. The second-order valence-corrected chi connectivity index (χ2v) is 2.01. The van der Waals surface area contributed by atoms with Gasteiger partial charge in [-0.2, -0.15) is 5.26 Å². The molecule has 1 heterocycles. The van der Waals surface area contributed by atoms with Gasteiger partial charge in [0.05, 0.1) is 18.9 Å². The van der Waals surface area contributed by atoms with Gasteiger partial charge in [0.1, 0.15) is 0 Å². The topological polar surface area (TPSA) is 53.2 Å². The maximum absolute atomic E-state index is 10.6. The Balaban J connectivity index is 2.63. The van der Waals surface area contributed by atoms with Crippen LogP contribution in [0.5, 0.6) is 0 Å². The summed E-state index contributed by atoms with van der Waals surface area (Å²) in [6, 6.07) is 1.98. The number of rotatable bonds is 1. The molecule has 1 amide bonds. The number of hydrogen-bond donors (Lipinski definition) is 0. The molecule has 50 valence electrons. The predicted molar refractivity (Wildman–Crippen MR) is 36.4 cm³/mol. The molecule has 3 heteroatoms. The molecule has 0 radical (unpaired) electrons. The van der Waals surface area contributed by atoms with Crippen molar-refractivity contribution in [2.24, 2.45) is 4.99 Å². The molecule has 0 aromatic heterocycles. The molecule has 0 aromatic rings. The van der Waals surface area contributed by atoms with E-state index >= 15 is 0 Å². The first-order valence-corrected chi connectivity index (χ1v) is 2.95. The predicted octanol–water partition coefficient (Wildman–Crippen LogP) is 0.828. The molecule has 0 aromatic carbocycles. The van der Waals surface area contributed by atoms with E-state index in [1.165, 1.54) is 6.21 Å². The van der Waals surface area contributed by atoms with Gasteiger partial charge in [-0.3, -0.25) is 4.79 Å². The van der Waals surface area contributed by atoms with Gasteiger partial charge in [-0.05, 0) is 11.6 Å². The zero-order chi connectivity index (χ0) is 7.40. The molecule has 0 saturated heterocycles. The van der Waals surface area contributed by atoms with Crippen LogP contribution in [0.2, 0.25) is 0 Å². The Kier molecular flexibility index (Phi) is 1.96. The molecule has 0 unspecified atom stereocenters. The minimum absolute atomic E-state index is 0.159. The average Bonchev–Trinajstić information content (AvgIpc) is 1.88. The molecule has 3 nitrogen and oxygen atoms in total. The fourth-order valence-corrected chi connectivity index (χ4v) is 0.748. The molecule has 0 spiro atoms. The molecule has 1 rings (SSSR count). The second-order valence-electron chi connectivity index (χ2n) is 2.01. The number of nitrogens with zero attached hydrogens (tertiary/aromatic N) is 2. The first kappa shape index (κ1) is 6.69. The summed E-state index contributed by atoms with van der Waals surface area (Å²) in [5.41, 5.74) is 0.850. The minimum atomic E-state index is -0.159. The first-order valence-electron chi connectivity index (χ1n) is 2.95. The maximum Gasteiger partial charge on any atom is 0.249 e. The van der Waals surface area contributed by atoms with Crippen LogP contribution < -0.4 is 0 Å². The lowest BCUT2D eigenvalue weighted by Gasteiger charge is -2.00. The largest absolute Gasteiger partial charge is 0.272 e. The third-order valence-electron chi connectivity index (χ3n) is 1.21. The van der Waals surface area contributed by atoms with E-state index in [1.54, 1.807) is 6.08 Å². The quantitative estimate of drug-likeness (QED) is 0.533. The van der Waals surface area contributed by atoms with Gasteiger partial charge in [0.25, 0.3) is 0 Å². The Bertz CT molecular complexity index is 245. The van der Waals surface area contributed by atoms with Crippen molar-refractivity contribution in [2.45, 2.75) is 12.8 Å². The molecule has 0 atom stereocenters. The van der Waals surface area contributed by atoms with Crippen LogP contribution in [0.15, 0.2) is 16.6 Å². The zero-order valence-corrected chi connectivity index (χ0v) is 5.37. The van der Waals surface area contributed by atoms with Gasteiger partial charge < -0.3 is 0 Å². The number of carbonyl (C=O) groups excluding carboxylic acids is 1. The summed E-state index contributed by atoms with van der Waals surface area (Å²) < 4.78 is 0. The van der Waals surface area contributed by atoms with Crippen molar-refractivity contribution < 1.29 is 4.79 Å². The number of aliphatic imine (C=N–C) groups is 1. The van der Waals surface area contributed by atoms with Crippen molar-refractivity contribution in [3.63, 3.8) is 0 Å². The summed E-state index contributed by atoms with van der Waals surface area (Å²) in [5, 5.41) is 8.26. The summed E-state index contributed by atoms with van der Waals surface area (Å²) in [4.78, 5) is 14.1. The van der Waals surface area contributed by atoms with Crippen molar-refractivity contribution >= 4 is 12.1 Å². The number of nitriles is 1. The highest BCUT2D eigenvalue weighted by Gasteiger charge is 2.06. The van der Waals surface area contributed by atoms with E-state index in [0.717, 1.165) is 5.57 Å². The van der Waals surface area contributed by atoms with E-state index in [0.29, 0.717) is 12.8 Å². The van der Waals surface area contributed by atoms with E-state index in [9.17, 15) is 4.79 Å². The highest BCUT2D eigenvalue weighted by atomic mass is 16.1. The molecule has 0 aliphatic carbocycles. The number of amides is 1. The van der Waals surface area contributed by atoms with Crippen LogP contribution in [-0.4, -0.2) is 12.1 Å². The molecule has 10 heavy (non-hydrogen) atoms. The molecule has 0 fully saturated rings. The van der Waals surface area contributed by atoms with E-state index in [2.05, 4.69) is 4.99 Å². The zero-order valence-electron chi connectivity index (χ0n) is 5.37.